The van der Waals surface area contributed by atoms with Gasteiger partial charge in [0.05, 0.1) is 22.3 Å². The molecule has 5 nitrogen and oxygen atoms in total. The molecule has 3 aromatic rings. The van der Waals surface area contributed by atoms with Crippen LogP contribution >= 0.6 is 0 Å². The van der Waals surface area contributed by atoms with Gasteiger partial charge in [-0.1, -0.05) is 18.2 Å². The van der Waals surface area contributed by atoms with E-state index in [1.54, 1.807) is 30.1 Å². The van der Waals surface area contributed by atoms with Gasteiger partial charge in [0, 0.05) is 44.7 Å². The fourth-order valence-corrected chi connectivity index (χ4v) is 4.22. The summed E-state index contributed by atoms with van der Waals surface area (Å²) in [5.74, 6) is -0.194. The van der Waals surface area contributed by atoms with E-state index in [0.717, 1.165) is 41.7 Å². The van der Waals surface area contributed by atoms with Crippen LogP contribution in [0.3, 0.4) is 0 Å². The Kier molecular flexibility index (Phi) is 6.26. The highest BCUT2D eigenvalue weighted by Crippen LogP contribution is 2.24. The molecular formula is C25H27FN4O. The number of carbonyl (C=O) groups is 1. The molecule has 4 rings (SSSR count). The van der Waals surface area contributed by atoms with E-state index >= 15 is 0 Å². The predicted octanol–water partition coefficient (Wildman–Crippen LogP) is 4.83. The van der Waals surface area contributed by atoms with Gasteiger partial charge in [-0.15, -0.1) is 0 Å². The summed E-state index contributed by atoms with van der Waals surface area (Å²) in [6.07, 6.45) is 7.72. The SMILES string of the molecule is C/C=C(\C=NC)c1ccc2c(ccn2CC2CCN(C(=O)c3ccccc3F)CC2)n1. The predicted molar refractivity (Wildman–Crippen MR) is 123 cm³/mol. The lowest BCUT2D eigenvalue weighted by atomic mass is 9.96. The van der Waals surface area contributed by atoms with Crippen LogP contribution in [0, 0.1) is 11.7 Å². The molecule has 0 aliphatic carbocycles. The molecule has 0 bridgehead atoms. The first kappa shape index (κ1) is 21.0. The van der Waals surface area contributed by atoms with Crippen LogP contribution in [-0.4, -0.2) is 46.7 Å². The summed E-state index contributed by atoms with van der Waals surface area (Å²) in [7, 11) is 1.76. The van der Waals surface area contributed by atoms with E-state index in [-0.39, 0.29) is 11.5 Å². The normalized spacial score (nSPS) is 15.8. The summed E-state index contributed by atoms with van der Waals surface area (Å²) in [6.45, 7) is 4.18. The molecule has 1 aromatic carbocycles. The molecule has 160 valence electrons. The summed E-state index contributed by atoms with van der Waals surface area (Å²) < 4.78 is 16.2. The molecular weight excluding hydrogens is 391 g/mol. The molecule has 2 aromatic heterocycles. The molecule has 0 saturated carbocycles. The minimum absolute atomic E-state index is 0.160. The number of carbonyl (C=O) groups excluding carboxylic acids is 1. The number of halogens is 1. The van der Waals surface area contributed by atoms with Crippen molar-refractivity contribution in [1.29, 1.82) is 0 Å². The Balaban J connectivity index is 1.42. The number of fused-ring (bicyclic) bond motifs is 1. The molecule has 0 unspecified atom stereocenters. The molecule has 0 atom stereocenters. The number of likely N-dealkylation sites (tertiary alicyclic amines) is 1. The fraction of sp³-hybridized carbons (Fsp3) is 0.320. The number of benzene rings is 1. The molecule has 1 aliphatic heterocycles. The molecule has 0 N–H and O–H groups in total. The van der Waals surface area contributed by atoms with E-state index in [9.17, 15) is 9.18 Å². The maximum atomic E-state index is 13.9. The second-order valence-corrected chi connectivity index (χ2v) is 7.92. The van der Waals surface area contributed by atoms with Gasteiger partial charge in [-0.05, 0) is 56.0 Å². The lowest BCUT2D eigenvalue weighted by molar-refractivity contribution is 0.0679. The Morgan fingerprint density at radius 2 is 1.97 bits per heavy atom. The Hall–Kier alpha value is -3.28. The van der Waals surface area contributed by atoms with Crippen molar-refractivity contribution in [2.24, 2.45) is 10.9 Å². The van der Waals surface area contributed by atoms with Crippen molar-refractivity contribution in [3.63, 3.8) is 0 Å². The van der Waals surface area contributed by atoms with Crippen LogP contribution in [0.5, 0.6) is 0 Å². The maximum absolute atomic E-state index is 13.9. The first-order chi connectivity index (χ1) is 15.1. The number of hydrogen-bond acceptors (Lipinski definition) is 3. The molecule has 0 spiro atoms. The number of aromatic nitrogens is 2. The van der Waals surface area contributed by atoms with Crippen molar-refractivity contribution in [3.05, 3.63) is 71.8 Å². The lowest BCUT2D eigenvalue weighted by Gasteiger charge is -2.32. The zero-order valence-corrected chi connectivity index (χ0v) is 18.0. The van der Waals surface area contributed by atoms with Gasteiger partial charge in [-0.25, -0.2) is 9.37 Å². The van der Waals surface area contributed by atoms with Gasteiger partial charge >= 0.3 is 0 Å². The summed E-state index contributed by atoms with van der Waals surface area (Å²) >= 11 is 0. The van der Waals surface area contributed by atoms with Crippen LogP contribution in [0.1, 0.15) is 35.8 Å². The Bertz CT molecular complexity index is 1140. The van der Waals surface area contributed by atoms with Crippen LogP contribution < -0.4 is 0 Å². The van der Waals surface area contributed by atoms with Gasteiger partial charge in [0.15, 0.2) is 0 Å². The molecule has 1 amide bonds. The lowest BCUT2D eigenvalue weighted by Crippen LogP contribution is -2.39. The number of nitrogens with zero attached hydrogens (tertiary/aromatic N) is 4. The van der Waals surface area contributed by atoms with Crippen LogP contribution in [0.15, 0.2) is 59.7 Å². The first-order valence-electron chi connectivity index (χ1n) is 10.7. The van der Waals surface area contributed by atoms with Crippen molar-refractivity contribution in [3.8, 4) is 0 Å². The van der Waals surface area contributed by atoms with E-state index in [2.05, 4.69) is 21.8 Å². The van der Waals surface area contributed by atoms with E-state index in [1.807, 2.05) is 31.3 Å². The standard InChI is InChI=1S/C25H27FN4O/c1-3-19(16-27-2)22-8-9-24-23(28-22)12-15-30(24)17-18-10-13-29(14-11-18)25(31)20-6-4-5-7-21(20)26/h3-9,12,15-16,18H,10-11,13-14,17H2,1-2H3/b19-3+,27-16?. The van der Waals surface area contributed by atoms with Crippen LogP contribution in [0.4, 0.5) is 4.39 Å². The van der Waals surface area contributed by atoms with Gasteiger partial charge in [0.2, 0.25) is 0 Å². The number of aliphatic imine (C=N–C) groups is 1. The van der Waals surface area contributed by atoms with Crippen LogP contribution in [0.25, 0.3) is 16.6 Å². The van der Waals surface area contributed by atoms with Gasteiger partial charge < -0.3 is 9.47 Å². The van der Waals surface area contributed by atoms with Crippen molar-refractivity contribution in [2.45, 2.75) is 26.3 Å². The minimum Gasteiger partial charge on any atom is -0.346 e. The summed E-state index contributed by atoms with van der Waals surface area (Å²) in [5, 5.41) is 0. The van der Waals surface area contributed by atoms with Gasteiger partial charge in [0.25, 0.3) is 5.91 Å². The molecule has 1 saturated heterocycles. The number of amides is 1. The quantitative estimate of drug-likeness (QED) is 0.557. The fourth-order valence-electron chi connectivity index (χ4n) is 4.22. The molecule has 6 heteroatoms. The van der Waals surface area contributed by atoms with E-state index < -0.39 is 5.82 Å². The van der Waals surface area contributed by atoms with Crippen LogP contribution in [0.2, 0.25) is 0 Å². The van der Waals surface area contributed by atoms with Crippen molar-refractivity contribution < 1.29 is 9.18 Å². The molecule has 3 heterocycles. The van der Waals surface area contributed by atoms with E-state index in [0.29, 0.717) is 19.0 Å². The highest BCUT2D eigenvalue weighted by atomic mass is 19.1. The molecule has 1 aliphatic rings. The zero-order chi connectivity index (χ0) is 21.8. The van der Waals surface area contributed by atoms with Gasteiger partial charge in [-0.2, -0.15) is 0 Å². The van der Waals surface area contributed by atoms with Crippen molar-refractivity contribution >= 4 is 28.7 Å². The topological polar surface area (TPSA) is 50.5 Å². The van der Waals surface area contributed by atoms with E-state index in [4.69, 9.17) is 4.98 Å². The molecule has 0 radical (unpaired) electrons. The maximum Gasteiger partial charge on any atom is 0.256 e. The largest absolute Gasteiger partial charge is 0.346 e. The average molecular weight is 419 g/mol. The summed E-state index contributed by atoms with van der Waals surface area (Å²) in [5.41, 5.74) is 4.15. The Labute approximate surface area is 181 Å². The smallest absolute Gasteiger partial charge is 0.256 e. The first-order valence-corrected chi connectivity index (χ1v) is 10.7. The molecule has 1 fully saturated rings. The van der Waals surface area contributed by atoms with E-state index in [1.165, 1.54) is 6.07 Å². The third kappa shape index (κ3) is 4.43. The zero-order valence-electron chi connectivity index (χ0n) is 18.0. The number of rotatable bonds is 5. The molecule has 31 heavy (non-hydrogen) atoms. The van der Waals surface area contributed by atoms with Gasteiger partial charge in [-0.3, -0.25) is 9.79 Å². The summed E-state index contributed by atoms with van der Waals surface area (Å²) in [6, 6.07) is 12.4. The number of allylic oxidation sites excluding steroid dienone is 2. The van der Waals surface area contributed by atoms with Crippen molar-refractivity contribution in [2.75, 3.05) is 20.1 Å². The second-order valence-electron chi connectivity index (χ2n) is 7.92. The third-order valence-electron chi connectivity index (χ3n) is 5.96. The number of hydrogen-bond donors (Lipinski definition) is 0. The van der Waals surface area contributed by atoms with Crippen molar-refractivity contribution in [1.82, 2.24) is 14.5 Å². The summed E-state index contributed by atoms with van der Waals surface area (Å²) in [4.78, 5) is 23.3. The Morgan fingerprint density at radius 1 is 1.19 bits per heavy atom. The Morgan fingerprint density at radius 3 is 2.68 bits per heavy atom. The minimum atomic E-state index is -0.452. The highest BCUT2D eigenvalue weighted by molar-refractivity contribution is 6.09. The number of piperidine rings is 1. The highest BCUT2D eigenvalue weighted by Gasteiger charge is 2.25. The number of pyridine rings is 1. The van der Waals surface area contributed by atoms with Gasteiger partial charge in [0.1, 0.15) is 5.82 Å². The second kappa shape index (κ2) is 9.25. The average Bonchev–Trinajstić information content (AvgIpc) is 3.19. The van der Waals surface area contributed by atoms with Crippen LogP contribution in [-0.2, 0) is 6.54 Å². The monoisotopic (exact) mass is 418 g/mol. The third-order valence-corrected chi connectivity index (χ3v) is 5.96.